The topological polar surface area (TPSA) is 26.3 Å². The molecule has 4 bridgehead atoms. The zero-order valence-electron chi connectivity index (χ0n) is 14.5. The number of para-hydroxylation sites is 1. The molecule has 0 amide bonds. The van der Waals surface area contributed by atoms with Gasteiger partial charge in [-0.05, 0) is 67.9 Å². The highest BCUT2D eigenvalue weighted by molar-refractivity contribution is 5.82. The fourth-order valence-electron chi connectivity index (χ4n) is 5.98. The van der Waals surface area contributed by atoms with E-state index in [1.54, 1.807) is 0 Å². The first-order valence-corrected chi connectivity index (χ1v) is 9.59. The van der Waals surface area contributed by atoms with Crippen LogP contribution in [0.25, 0.3) is 11.1 Å². The van der Waals surface area contributed by atoms with Crippen LogP contribution in [0.2, 0.25) is 0 Å². The number of ether oxygens (including phenoxy) is 1. The van der Waals surface area contributed by atoms with E-state index < -0.39 is 0 Å². The molecule has 2 nitrogen and oxygen atoms in total. The molecule has 128 valence electrons. The van der Waals surface area contributed by atoms with Crippen molar-refractivity contribution in [3.8, 4) is 16.9 Å². The molecule has 4 saturated carbocycles. The highest BCUT2D eigenvalue weighted by Crippen LogP contribution is 2.60. The van der Waals surface area contributed by atoms with Gasteiger partial charge < -0.3 is 4.74 Å². The summed E-state index contributed by atoms with van der Waals surface area (Å²) in [6, 6.07) is 18.1. The quantitative estimate of drug-likeness (QED) is 0.550. The van der Waals surface area contributed by atoms with Crippen LogP contribution < -0.4 is 4.74 Å². The fourth-order valence-corrected chi connectivity index (χ4v) is 5.98. The van der Waals surface area contributed by atoms with E-state index in [4.69, 9.17) is 4.74 Å². The van der Waals surface area contributed by atoms with E-state index in [1.165, 1.54) is 19.3 Å². The average Bonchev–Trinajstić information content (AvgIpc) is 2.62. The molecule has 4 aliphatic rings. The van der Waals surface area contributed by atoms with Gasteiger partial charge in [0.2, 0.25) is 0 Å². The normalized spacial score (nSPS) is 32.6. The van der Waals surface area contributed by atoms with E-state index in [-0.39, 0.29) is 11.4 Å². The van der Waals surface area contributed by atoms with Gasteiger partial charge >= 0.3 is 5.97 Å². The van der Waals surface area contributed by atoms with Crippen molar-refractivity contribution in [2.45, 2.75) is 38.5 Å². The second-order valence-corrected chi connectivity index (χ2v) is 8.45. The third-order valence-corrected chi connectivity index (χ3v) is 6.65. The van der Waals surface area contributed by atoms with Crippen molar-refractivity contribution in [3.05, 3.63) is 54.6 Å². The Hall–Kier alpha value is -2.09. The lowest BCUT2D eigenvalue weighted by atomic mass is 9.49. The zero-order chi connectivity index (χ0) is 16.9. The SMILES string of the molecule is O=C(Oc1ccccc1-c1ccccc1)C12CC3CC(CC(C3)C1)C2. The smallest absolute Gasteiger partial charge is 0.317 e. The van der Waals surface area contributed by atoms with Crippen molar-refractivity contribution in [1.82, 2.24) is 0 Å². The first-order chi connectivity index (χ1) is 12.2. The molecule has 0 saturated heterocycles. The van der Waals surface area contributed by atoms with Crippen LogP contribution in [0.5, 0.6) is 5.75 Å². The molecule has 4 aliphatic carbocycles. The molecule has 0 spiro atoms. The van der Waals surface area contributed by atoms with Gasteiger partial charge in [0.25, 0.3) is 0 Å². The summed E-state index contributed by atoms with van der Waals surface area (Å²) in [7, 11) is 0. The summed E-state index contributed by atoms with van der Waals surface area (Å²) >= 11 is 0. The third kappa shape index (κ3) is 2.59. The molecule has 0 aliphatic heterocycles. The lowest BCUT2D eigenvalue weighted by molar-refractivity contribution is -0.161. The summed E-state index contributed by atoms with van der Waals surface area (Å²) in [6.45, 7) is 0. The molecule has 6 rings (SSSR count). The standard InChI is InChI=1S/C23H24O2/c24-22(23-13-16-10-17(14-23)12-18(11-16)15-23)25-21-9-5-4-8-20(21)19-6-2-1-3-7-19/h1-9,16-18H,10-15H2. The number of hydrogen-bond acceptors (Lipinski definition) is 2. The molecule has 0 atom stereocenters. The van der Waals surface area contributed by atoms with E-state index >= 15 is 0 Å². The van der Waals surface area contributed by atoms with Crippen LogP contribution in [0.3, 0.4) is 0 Å². The highest BCUT2D eigenvalue weighted by Gasteiger charge is 2.55. The lowest BCUT2D eigenvalue weighted by Gasteiger charge is -2.55. The van der Waals surface area contributed by atoms with E-state index in [0.717, 1.165) is 48.1 Å². The van der Waals surface area contributed by atoms with Crippen LogP contribution in [-0.4, -0.2) is 5.97 Å². The molecule has 4 fully saturated rings. The van der Waals surface area contributed by atoms with Crippen molar-refractivity contribution in [2.24, 2.45) is 23.2 Å². The van der Waals surface area contributed by atoms with Gasteiger partial charge in [-0.25, -0.2) is 0 Å². The molecular weight excluding hydrogens is 308 g/mol. The van der Waals surface area contributed by atoms with Crippen LogP contribution >= 0.6 is 0 Å². The predicted octanol–water partition coefficient (Wildman–Crippen LogP) is 5.48. The maximum Gasteiger partial charge on any atom is 0.317 e. The van der Waals surface area contributed by atoms with Crippen molar-refractivity contribution in [1.29, 1.82) is 0 Å². The number of benzene rings is 2. The fraction of sp³-hybridized carbons (Fsp3) is 0.435. The minimum Gasteiger partial charge on any atom is -0.425 e. The second kappa shape index (κ2) is 5.72. The Morgan fingerprint density at radius 2 is 1.36 bits per heavy atom. The highest BCUT2D eigenvalue weighted by atomic mass is 16.5. The molecule has 2 heteroatoms. The van der Waals surface area contributed by atoms with Gasteiger partial charge in [0.15, 0.2) is 0 Å². The molecule has 2 aromatic rings. The van der Waals surface area contributed by atoms with Gasteiger partial charge in [0.1, 0.15) is 5.75 Å². The average molecular weight is 332 g/mol. The number of rotatable bonds is 3. The zero-order valence-corrected chi connectivity index (χ0v) is 14.5. The van der Waals surface area contributed by atoms with Crippen molar-refractivity contribution in [2.75, 3.05) is 0 Å². The van der Waals surface area contributed by atoms with E-state index in [1.807, 2.05) is 42.5 Å². The van der Waals surface area contributed by atoms with Crippen LogP contribution in [-0.2, 0) is 4.79 Å². The molecule has 0 radical (unpaired) electrons. The number of esters is 1. The number of hydrogen-bond donors (Lipinski definition) is 0. The van der Waals surface area contributed by atoms with Gasteiger partial charge in [-0.1, -0.05) is 48.5 Å². The van der Waals surface area contributed by atoms with Crippen molar-refractivity contribution in [3.63, 3.8) is 0 Å². The Morgan fingerprint density at radius 3 is 2.00 bits per heavy atom. The van der Waals surface area contributed by atoms with Crippen LogP contribution in [0.1, 0.15) is 38.5 Å². The molecule has 0 N–H and O–H groups in total. The maximum atomic E-state index is 13.2. The molecule has 0 unspecified atom stereocenters. The summed E-state index contributed by atoms with van der Waals surface area (Å²) in [6.07, 6.45) is 7.16. The van der Waals surface area contributed by atoms with Crippen molar-refractivity contribution < 1.29 is 9.53 Å². The Morgan fingerprint density at radius 1 is 0.800 bits per heavy atom. The monoisotopic (exact) mass is 332 g/mol. The summed E-state index contributed by atoms with van der Waals surface area (Å²) in [5, 5.41) is 0. The molecule has 2 aromatic carbocycles. The first kappa shape index (κ1) is 15.2. The first-order valence-electron chi connectivity index (χ1n) is 9.59. The molecule has 0 aromatic heterocycles. The molecule has 25 heavy (non-hydrogen) atoms. The Labute approximate surface area is 149 Å². The van der Waals surface area contributed by atoms with Crippen LogP contribution in [0.4, 0.5) is 0 Å². The summed E-state index contributed by atoms with van der Waals surface area (Å²) in [5.74, 6) is 2.99. The Bertz CT molecular complexity index is 757. The van der Waals surface area contributed by atoms with Crippen LogP contribution in [0.15, 0.2) is 54.6 Å². The minimum absolute atomic E-state index is 0.0231. The second-order valence-electron chi connectivity index (χ2n) is 8.45. The molecule has 0 heterocycles. The Kier molecular flexibility index (Phi) is 3.48. The summed E-state index contributed by atoms with van der Waals surface area (Å²) in [4.78, 5) is 13.2. The number of carbonyl (C=O) groups is 1. The lowest BCUT2D eigenvalue weighted by Crippen LogP contribution is -2.51. The van der Waals surface area contributed by atoms with Crippen LogP contribution in [0, 0.1) is 23.2 Å². The van der Waals surface area contributed by atoms with Gasteiger partial charge in [0, 0.05) is 5.56 Å². The van der Waals surface area contributed by atoms with Gasteiger partial charge in [-0.3, -0.25) is 4.79 Å². The minimum atomic E-state index is -0.210. The van der Waals surface area contributed by atoms with Gasteiger partial charge in [-0.2, -0.15) is 0 Å². The number of carbonyl (C=O) groups excluding carboxylic acids is 1. The predicted molar refractivity (Wildman–Crippen MR) is 98.1 cm³/mol. The maximum absolute atomic E-state index is 13.2. The summed E-state index contributed by atoms with van der Waals surface area (Å²) < 4.78 is 6.05. The Balaban J connectivity index is 1.44. The van der Waals surface area contributed by atoms with E-state index in [2.05, 4.69) is 12.1 Å². The van der Waals surface area contributed by atoms with Crippen molar-refractivity contribution >= 4 is 5.97 Å². The summed E-state index contributed by atoms with van der Waals surface area (Å²) in [5.41, 5.74) is 1.89. The largest absolute Gasteiger partial charge is 0.425 e. The molecular formula is C23H24O2. The van der Waals surface area contributed by atoms with Gasteiger partial charge in [-0.15, -0.1) is 0 Å². The third-order valence-electron chi connectivity index (χ3n) is 6.65. The van der Waals surface area contributed by atoms with E-state index in [0.29, 0.717) is 5.75 Å². The van der Waals surface area contributed by atoms with Gasteiger partial charge in [0.05, 0.1) is 5.41 Å². The van der Waals surface area contributed by atoms with E-state index in [9.17, 15) is 4.79 Å².